The Bertz CT molecular complexity index is 1030. The molecular formula is C21H16N2O3. The first-order valence-electron chi connectivity index (χ1n) is 8.23. The van der Waals surface area contributed by atoms with Gasteiger partial charge in [0.1, 0.15) is 17.0 Å². The molecule has 0 bridgehead atoms. The number of rotatable bonds is 3. The normalized spacial score (nSPS) is 15.2. The topological polar surface area (TPSA) is 64.7 Å². The molecule has 1 aromatic heterocycles. The van der Waals surface area contributed by atoms with Gasteiger partial charge in [-0.2, -0.15) is 0 Å². The molecule has 0 saturated carbocycles. The monoisotopic (exact) mass is 344 g/mol. The highest BCUT2D eigenvalue weighted by Gasteiger charge is 2.30. The van der Waals surface area contributed by atoms with Gasteiger partial charge in [-0.15, -0.1) is 0 Å². The Morgan fingerprint density at radius 1 is 0.962 bits per heavy atom. The second kappa shape index (κ2) is 6.44. The van der Waals surface area contributed by atoms with Gasteiger partial charge < -0.3 is 9.26 Å². The van der Waals surface area contributed by atoms with Crippen molar-refractivity contribution in [1.82, 2.24) is 5.16 Å². The van der Waals surface area contributed by atoms with Crippen LogP contribution < -0.4 is 0 Å². The number of nitrogens with zero attached hydrogens (tertiary/aromatic N) is 2. The molecule has 4 rings (SSSR count). The zero-order chi connectivity index (χ0) is 18.1. The molecule has 0 saturated heterocycles. The lowest BCUT2D eigenvalue weighted by molar-refractivity contribution is -0.129. The van der Waals surface area contributed by atoms with E-state index in [1.807, 2.05) is 61.5 Å². The van der Waals surface area contributed by atoms with Gasteiger partial charge in [0.2, 0.25) is 5.90 Å². The van der Waals surface area contributed by atoms with Crippen LogP contribution in [0.1, 0.15) is 22.5 Å². The molecule has 2 heterocycles. The SMILES string of the molecule is Cc1ccc(/C=C2/N=C(c3c(-c4ccccc4)noc3C)OC2=O)cc1. The van der Waals surface area contributed by atoms with Crippen LogP contribution in [0.25, 0.3) is 17.3 Å². The van der Waals surface area contributed by atoms with E-state index < -0.39 is 5.97 Å². The van der Waals surface area contributed by atoms with Crippen LogP contribution in [0.2, 0.25) is 0 Å². The third-order valence-corrected chi connectivity index (χ3v) is 4.13. The van der Waals surface area contributed by atoms with Gasteiger partial charge in [0, 0.05) is 5.56 Å². The number of aliphatic imine (C=N–C) groups is 1. The summed E-state index contributed by atoms with van der Waals surface area (Å²) in [6.07, 6.45) is 1.71. The predicted octanol–water partition coefficient (Wildman–Crippen LogP) is 4.30. The average molecular weight is 344 g/mol. The Morgan fingerprint density at radius 2 is 1.69 bits per heavy atom. The lowest BCUT2D eigenvalue weighted by atomic mass is 10.1. The molecule has 1 aliphatic rings. The molecule has 26 heavy (non-hydrogen) atoms. The maximum atomic E-state index is 12.3. The van der Waals surface area contributed by atoms with Crippen molar-refractivity contribution in [2.45, 2.75) is 13.8 Å². The molecule has 1 aliphatic heterocycles. The van der Waals surface area contributed by atoms with Gasteiger partial charge in [-0.05, 0) is 25.5 Å². The first-order valence-corrected chi connectivity index (χ1v) is 8.23. The van der Waals surface area contributed by atoms with E-state index in [-0.39, 0.29) is 11.6 Å². The van der Waals surface area contributed by atoms with Gasteiger partial charge in [-0.25, -0.2) is 9.79 Å². The number of cyclic esters (lactones) is 1. The fourth-order valence-corrected chi connectivity index (χ4v) is 2.75. The highest BCUT2D eigenvalue weighted by molar-refractivity contribution is 6.15. The van der Waals surface area contributed by atoms with Gasteiger partial charge in [0.25, 0.3) is 0 Å². The minimum atomic E-state index is -0.486. The lowest BCUT2D eigenvalue weighted by Crippen LogP contribution is -2.07. The number of benzene rings is 2. The molecule has 5 heteroatoms. The molecule has 0 radical (unpaired) electrons. The maximum absolute atomic E-state index is 12.3. The number of aryl methyl sites for hydroxylation is 2. The first kappa shape index (κ1) is 16.0. The first-order chi connectivity index (χ1) is 12.6. The van der Waals surface area contributed by atoms with Crippen molar-refractivity contribution in [3.05, 3.63) is 82.7 Å². The predicted molar refractivity (Wildman–Crippen MR) is 98.5 cm³/mol. The lowest BCUT2D eigenvalue weighted by Gasteiger charge is -2.01. The summed E-state index contributed by atoms with van der Waals surface area (Å²) in [5.74, 6) is 0.276. The number of ether oxygens (including phenoxy) is 1. The van der Waals surface area contributed by atoms with Crippen LogP contribution in [0.15, 0.2) is 69.8 Å². The fourth-order valence-electron chi connectivity index (χ4n) is 2.75. The van der Waals surface area contributed by atoms with Crippen LogP contribution in [0.4, 0.5) is 0 Å². The molecule has 128 valence electrons. The Morgan fingerprint density at radius 3 is 2.42 bits per heavy atom. The van der Waals surface area contributed by atoms with Gasteiger partial charge in [-0.3, -0.25) is 0 Å². The molecule has 0 amide bonds. The summed E-state index contributed by atoms with van der Waals surface area (Å²) in [7, 11) is 0. The van der Waals surface area contributed by atoms with Gasteiger partial charge in [-0.1, -0.05) is 65.3 Å². The van der Waals surface area contributed by atoms with E-state index in [1.165, 1.54) is 0 Å². The minimum Gasteiger partial charge on any atom is -0.402 e. The van der Waals surface area contributed by atoms with Crippen molar-refractivity contribution in [2.24, 2.45) is 4.99 Å². The molecule has 2 aromatic carbocycles. The van der Waals surface area contributed by atoms with Gasteiger partial charge in [0.15, 0.2) is 5.70 Å². The molecule has 0 aliphatic carbocycles. The van der Waals surface area contributed by atoms with Crippen molar-refractivity contribution < 1.29 is 14.1 Å². The smallest absolute Gasteiger partial charge is 0.363 e. The maximum Gasteiger partial charge on any atom is 0.363 e. The molecule has 0 spiro atoms. The van der Waals surface area contributed by atoms with Crippen LogP contribution in [0, 0.1) is 13.8 Å². The molecular weight excluding hydrogens is 328 g/mol. The second-order valence-corrected chi connectivity index (χ2v) is 6.08. The Kier molecular flexibility index (Phi) is 3.97. The zero-order valence-corrected chi connectivity index (χ0v) is 14.4. The highest BCUT2D eigenvalue weighted by Crippen LogP contribution is 2.29. The third kappa shape index (κ3) is 2.95. The standard InChI is InChI=1S/C21H16N2O3/c1-13-8-10-15(11-9-13)12-17-21(24)25-20(22-17)18-14(2)26-23-19(18)16-6-4-3-5-7-16/h3-12H,1-2H3/b17-12+. The number of hydrogen-bond donors (Lipinski definition) is 0. The summed E-state index contributed by atoms with van der Waals surface area (Å²) >= 11 is 0. The average Bonchev–Trinajstić information content (AvgIpc) is 3.20. The molecule has 3 aromatic rings. The van der Waals surface area contributed by atoms with Crippen molar-refractivity contribution in [2.75, 3.05) is 0 Å². The molecule has 0 fully saturated rings. The zero-order valence-electron chi connectivity index (χ0n) is 14.4. The highest BCUT2D eigenvalue weighted by atomic mass is 16.6. The largest absolute Gasteiger partial charge is 0.402 e. The number of aromatic nitrogens is 1. The number of hydrogen-bond acceptors (Lipinski definition) is 5. The number of carbonyl (C=O) groups is 1. The quantitative estimate of drug-likeness (QED) is 0.525. The van der Waals surface area contributed by atoms with Crippen LogP contribution >= 0.6 is 0 Å². The summed E-state index contributed by atoms with van der Waals surface area (Å²) in [5.41, 5.74) is 4.36. The van der Waals surface area contributed by atoms with E-state index >= 15 is 0 Å². The van der Waals surface area contributed by atoms with E-state index in [2.05, 4.69) is 10.1 Å². The van der Waals surface area contributed by atoms with E-state index in [0.717, 1.165) is 16.7 Å². The van der Waals surface area contributed by atoms with Crippen LogP contribution in [-0.4, -0.2) is 17.0 Å². The summed E-state index contributed by atoms with van der Waals surface area (Å²) in [6, 6.07) is 17.4. The Hall–Kier alpha value is -3.47. The van der Waals surface area contributed by atoms with Crippen molar-refractivity contribution in [3.63, 3.8) is 0 Å². The van der Waals surface area contributed by atoms with Gasteiger partial charge >= 0.3 is 5.97 Å². The second-order valence-electron chi connectivity index (χ2n) is 6.08. The molecule has 0 N–H and O–H groups in total. The van der Waals surface area contributed by atoms with Crippen LogP contribution in [0.5, 0.6) is 0 Å². The van der Waals surface area contributed by atoms with E-state index in [9.17, 15) is 4.79 Å². The Balaban J connectivity index is 1.75. The molecule has 0 unspecified atom stereocenters. The van der Waals surface area contributed by atoms with E-state index in [4.69, 9.17) is 9.26 Å². The minimum absolute atomic E-state index is 0.214. The Labute approximate surface area is 150 Å². The third-order valence-electron chi connectivity index (χ3n) is 4.13. The number of esters is 1. The van der Waals surface area contributed by atoms with Crippen LogP contribution in [-0.2, 0) is 9.53 Å². The summed E-state index contributed by atoms with van der Waals surface area (Å²) in [6.45, 7) is 3.78. The summed E-state index contributed by atoms with van der Waals surface area (Å²) in [4.78, 5) is 16.6. The number of carbonyl (C=O) groups excluding carboxylic acids is 1. The van der Waals surface area contributed by atoms with E-state index in [1.54, 1.807) is 13.0 Å². The van der Waals surface area contributed by atoms with Gasteiger partial charge in [0.05, 0.1) is 0 Å². The molecule has 5 nitrogen and oxygen atoms in total. The van der Waals surface area contributed by atoms with Crippen molar-refractivity contribution in [3.8, 4) is 11.3 Å². The summed E-state index contributed by atoms with van der Waals surface area (Å²) in [5, 5.41) is 4.11. The van der Waals surface area contributed by atoms with Crippen molar-refractivity contribution in [1.29, 1.82) is 0 Å². The van der Waals surface area contributed by atoms with Crippen LogP contribution in [0.3, 0.4) is 0 Å². The molecule has 0 atom stereocenters. The summed E-state index contributed by atoms with van der Waals surface area (Å²) < 4.78 is 10.7. The van der Waals surface area contributed by atoms with E-state index in [0.29, 0.717) is 17.0 Å². The fraction of sp³-hybridized carbons (Fsp3) is 0.0952. The van der Waals surface area contributed by atoms with Crippen molar-refractivity contribution >= 4 is 17.9 Å².